The third-order valence-electron chi connectivity index (χ3n) is 3.71. The van der Waals surface area contributed by atoms with Gasteiger partial charge in [-0.1, -0.05) is 35.6 Å². The number of amides is 1. The maximum Gasteiger partial charge on any atom is 0.407 e. The van der Waals surface area contributed by atoms with E-state index in [1.165, 1.54) is 18.4 Å². The van der Waals surface area contributed by atoms with E-state index < -0.39 is 6.09 Å². The Morgan fingerprint density at radius 1 is 1.23 bits per heavy atom. The second kappa shape index (κ2) is 7.92. The maximum absolute atomic E-state index is 11.4. The Morgan fingerprint density at radius 2 is 2.00 bits per heavy atom. The molecule has 0 aliphatic heterocycles. The summed E-state index contributed by atoms with van der Waals surface area (Å²) in [5.74, 6) is 0.674. The Kier molecular flexibility index (Phi) is 5.43. The first-order chi connectivity index (χ1) is 12.6. The summed E-state index contributed by atoms with van der Waals surface area (Å²) in [6.45, 7) is 2.22. The largest absolute Gasteiger partial charge is 0.453 e. The van der Waals surface area contributed by atoms with E-state index in [2.05, 4.69) is 30.3 Å². The van der Waals surface area contributed by atoms with Crippen LogP contribution in [0.3, 0.4) is 0 Å². The van der Waals surface area contributed by atoms with Gasteiger partial charge in [0.15, 0.2) is 5.13 Å². The van der Waals surface area contributed by atoms with Crippen molar-refractivity contribution in [2.75, 3.05) is 19.5 Å². The fourth-order valence-electron chi connectivity index (χ4n) is 2.50. The van der Waals surface area contributed by atoms with Gasteiger partial charge in [-0.2, -0.15) is 0 Å². The van der Waals surface area contributed by atoms with E-state index in [1.807, 2.05) is 44.3 Å². The molecular formula is C18H19N5O2S. The first-order valence-electron chi connectivity index (χ1n) is 8.00. The van der Waals surface area contributed by atoms with Crippen LogP contribution in [0.1, 0.15) is 11.4 Å². The number of methoxy groups -OCH3 is 1. The van der Waals surface area contributed by atoms with Gasteiger partial charge in [0, 0.05) is 25.4 Å². The van der Waals surface area contributed by atoms with E-state index in [0.29, 0.717) is 12.4 Å². The number of aryl methyl sites for hydroxylation is 1. The Balaban J connectivity index is 1.98. The number of nitrogens with one attached hydrogen (secondary N) is 2. The number of rotatable bonds is 5. The second-order valence-corrected chi connectivity index (χ2v) is 6.50. The Morgan fingerprint density at radius 3 is 2.73 bits per heavy atom. The monoisotopic (exact) mass is 369 g/mol. The van der Waals surface area contributed by atoms with Crippen molar-refractivity contribution in [2.45, 2.75) is 13.5 Å². The average molecular weight is 369 g/mol. The van der Waals surface area contributed by atoms with Gasteiger partial charge in [0.25, 0.3) is 0 Å². The molecule has 1 amide bonds. The summed E-state index contributed by atoms with van der Waals surface area (Å²) < 4.78 is 4.64. The first kappa shape index (κ1) is 17.8. The predicted octanol–water partition coefficient (Wildman–Crippen LogP) is 3.47. The Labute approximate surface area is 155 Å². The molecule has 0 spiro atoms. The molecule has 0 radical (unpaired) electrons. The molecule has 0 aliphatic rings. The summed E-state index contributed by atoms with van der Waals surface area (Å²) in [5.41, 5.74) is 3.51. The van der Waals surface area contributed by atoms with E-state index in [0.717, 1.165) is 32.5 Å². The molecule has 8 heteroatoms. The van der Waals surface area contributed by atoms with Gasteiger partial charge in [-0.25, -0.2) is 19.7 Å². The van der Waals surface area contributed by atoms with Crippen molar-refractivity contribution >= 4 is 22.6 Å². The molecule has 0 saturated carbocycles. The highest BCUT2D eigenvalue weighted by atomic mass is 32.1. The lowest BCUT2D eigenvalue weighted by Crippen LogP contribution is -2.22. The minimum absolute atomic E-state index is 0.353. The molecule has 0 bridgehead atoms. The summed E-state index contributed by atoms with van der Waals surface area (Å²) in [6.07, 6.45) is 1.33. The lowest BCUT2D eigenvalue weighted by molar-refractivity contribution is 0.170. The van der Waals surface area contributed by atoms with Crippen LogP contribution in [-0.4, -0.2) is 35.2 Å². The lowest BCUT2D eigenvalue weighted by atomic mass is 10.0. The molecule has 0 atom stereocenters. The smallest absolute Gasteiger partial charge is 0.407 e. The number of hydrogen-bond donors (Lipinski definition) is 2. The van der Waals surface area contributed by atoms with Crippen LogP contribution in [0.5, 0.6) is 0 Å². The van der Waals surface area contributed by atoms with E-state index in [4.69, 9.17) is 0 Å². The van der Waals surface area contributed by atoms with Gasteiger partial charge in [-0.05, 0) is 18.6 Å². The summed E-state index contributed by atoms with van der Waals surface area (Å²) in [5, 5.41) is 6.58. The van der Waals surface area contributed by atoms with Gasteiger partial charge >= 0.3 is 6.09 Å². The van der Waals surface area contributed by atoms with Gasteiger partial charge in [0.05, 0.1) is 23.4 Å². The maximum atomic E-state index is 11.4. The van der Waals surface area contributed by atoms with Crippen LogP contribution in [0.4, 0.5) is 9.93 Å². The molecule has 0 saturated heterocycles. The van der Waals surface area contributed by atoms with E-state index in [9.17, 15) is 4.79 Å². The molecular weight excluding hydrogens is 350 g/mol. The van der Waals surface area contributed by atoms with E-state index in [1.54, 1.807) is 6.20 Å². The normalized spacial score (nSPS) is 10.4. The number of anilines is 1. The van der Waals surface area contributed by atoms with Gasteiger partial charge < -0.3 is 15.4 Å². The van der Waals surface area contributed by atoms with Crippen molar-refractivity contribution in [1.82, 2.24) is 20.3 Å². The zero-order valence-corrected chi connectivity index (χ0v) is 15.6. The zero-order valence-electron chi connectivity index (χ0n) is 14.7. The topological polar surface area (TPSA) is 89.0 Å². The molecule has 1 aromatic carbocycles. The van der Waals surface area contributed by atoms with Crippen LogP contribution < -0.4 is 10.6 Å². The van der Waals surface area contributed by atoms with Crippen molar-refractivity contribution in [3.8, 4) is 21.8 Å². The van der Waals surface area contributed by atoms with Gasteiger partial charge in [0.2, 0.25) is 0 Å². The molecule has 134 valence electrons. The summed E-state index contributed by atoms with van der Waals surface area (Å²) >= 11 is 1.53. The fraction of sp³-hybridized carbons (Fsp3) is 0.222. The van der Waals surface area contributed by atoms with Gasteiger partial charge in [0.1, 0.15) is 5.82 Å². The van der Waals surface area contributed by atoms with Gasteiger partial charge in [-0.3, -0.25) is 0 Å². The molecule has 26 heavy (non-hydrogen) atoms. The number of thiazole rings is 1. The SMILES string of the molecule is CNc1ncc(-c2cc(-c3ccccc3CNC(=O)OC)nc(C)n2)s1. The number of carbonyl (C=O) groups excluding carboxylic acids is 1. The van der Waals surface area contributed by atoms with Crippen molar-refractivity contribution in [3.63, 3.8) is 0 Å². The number of alkyl carbamates (subject to hydrolysis) is 1. The lowest BCUT2D eigenvalue weighted by Gasteiger charge is -2.11. The molecule has 3 aromatic rings. The van der Waals surface area contributed by atoms with Crippen LogP contribution in [0.15, 0.2) is 36.5 Å². The van der Waals surface area contributed by atoms with Crippen molar-refractivity contribution in [2.24, 2.45) is 0 Å². The number of aromatic nitrogens is 3. The van der Waals surface area contributed by atoms with Crippen LogP contribution in [0.25, 0.3) is 21.8 Å². The van der Waals surface area contributed by atoms with Crippen molar-refractivity contribution < 1.29 is 9.53 Å². The standard InChI is InChI=1S/C18H19N5O2S/c1-11-22-14(8-15(23-11)16-10-20-17(19-2)26-16)13-7-5-4-6-12(13)9-21-18(24)25-3/h4-8,10H,9H2,1-3H3,(H,19,20)(H,21,24). The number of benzene rings is 1. The summed E-state index contributed by atoms with van der Waals surface area (Å²) in [4.78, 5) is 25.8. The van der Waals surface area contributed by atoms with Gasteiger partial charge in [-0.15, -0.1) is 0 Å². The van der Waals surface area contributed by atoms with Crippen LogP contribution in [-0.2, 0) is 11.3 Å². The molecule has 0 aliphatic carbocycles. The van der Waals surface area contributed by atoms with Crippen LogP contribution >= 0.6 is 11.3 Å². The van der Waals surface area contributed by atoms with Crippen molar-refractivity contribution in [3.05, 3.63) is 47.9 Å². The van der Waals surface area contributed by atoms with Crippen LogP contribution in [0.2, 0.25) is 0 Å². The number of nitrogens with zero attached hydrogens (tertiary/aromatic N) is 3. The highest BCUT2D eigenvalue weighted by Crippen LogP contribution is 2.30. The fourth-order valence-corrected chi connectivity index (χ4v) is 3.23. The molecule has 3 rings (SSSR count). The summed E-state index contributed by atoms with van der Waals surface area (Å²) in [7, 11) is 3.18. The van der Waals surface area contributed by atoms with E-state index >= 15 is 0 Å². The zero-order chi connectivity index (χ0) is 18.5. The highest BCUT2D eigenvalue weighted by Gasteiger charge is 2.12. The molecule has 0 fully saturated rings. The highest BCUT2D eigenvalue weighted by molar-refractivity contribution is 7.18. The molecule has 2 aromatic heterocycles. The van der Waals surface area contributed by atoms with E-state index in [-0.39, 0.29) is 0 Å². The Hall–Kier alpha value is -3.00. The minimum atomic E-state index is -0.469. The van der Waals surface area contributed by atoms with Crippen molar-refractivity contribution in [1.29, 1.82) is 0 Å². The first-order valence-corrected chi connectivity index (χ1v) is 8.82. The molecule has 2 N–H and O–H groups in total. The number of ether oxygens (including phenoxy) is 1. The number of hydrogen-bond acceptors (Lipinski definition) is 7. The van der Waals surface area contributed by atoms with Crippen LogP contribution in [0, 0.1) is 6.92 Å². The Bertz CT molecular complexity index is 925. The summed E-state index contributed by atoms with van der Waals surface area (Å²) in [6, 6.07) is 9.74. The average Bonchev–Trinajstić information content (AvgIpc) is 3.15. The number of carbonyl (C=O) groups is 1. The molecule has 7 nitrogen and oxygen atoms in total. The predicted molar refractivity (Wildman–Crippen MR) is 102 cm³/mol. The molecule has 0 unspecified atom stereocenters. The quantitative estimate of drug-likeness (QED) is 0.716. The second-order valence-electron chi connectivity index (χ2n) is 5.47. The third-order valence-corrected chi connectivity index (χ3v) is 4.75. The third kappa shape index (κ3) is 3.97. The minimum Gasteiger partial charge on any atom is -0.453 e. The molecule has 2 heterocycles.